The van der Waals surface area contributed by atoms with E-state index in [1.54, 1.807) is 18.0 Å². The molecule has 0 atom stereocenters. The molecule has 2 heterocycles. The van der Waals surface area contributed by atoms with Crippen LogP contribution in [-0.2, 0) is 6.54 Å². The Morgan fingerprint density at radius 3 is 2.75 bits per heavy atom. The molecular weight excluding hydrogens is 320 g/mol. The zero-order valence-electron chi connectivity index (χ0n) is 13.5. The molecule has 0 aliphatic heterocycles. The molecule has 3 aromatic rings. The second-order valence-electron chi connectivity index (χ2n) is 5.38. The van der Waals surface area contributed by atoms with Crippen LogP contribution >= 0.6 is 11.8 Å². The predicted molar refractivity (Wildman–Crippen MR) is 93.6 cm³/mol. The molecule has 122 valence electrons. The van der Waals surface area contributed by atoms with E-state index < -0.39 is 0 Å². The van der Waals surface area contributed by atoms with Gasteiger partial charge in [-0.05, 0) is 25.0 Å². The molecule has 0 amide bonds. The van der Waals surface area contributed by atoms with Crippen molar-refractivity contribution in [3.8, 4) is 17.5 Å². The van der Waals surface area contributed by atoms with Gasteiger partial charge in [0, 0.05) is 12.2 Å². The number of furan rings is 1. The highest BCUT2D eigenvalue weighted by atomic mass is 32.2. The molecule has 0 aliphatic rings. The summed E-state index contributed by atoms with van der Waals surface area (Å²) >= 11 is 1.64. The third-order valence-corrected chi connectivity index (χ3v) is 4.72. The molecule has 0 fully saturated rings. The van der Waals surface area contributed by atoms with Gasteiger partial charge in [0.1, 0.15) is 5.76 Å². The summed E-state index contributed by atoms with van der Waals surface area (Å²) in [5.41, 5.74) is 2.15. The first-order valence-corrected chi connectivity index (χ1v) is 8.79. The van der Waals surface area contributed by atoms with Crippen LogP contribution in [0.3, 0.4) is 0 Å². The van der Waals surface area contributed by atoms with Gasteiger partial charge in [-0.3, -0.25) is 4.57 Å². The maximum atomic E-state index is 8.67. The number of nitrogens with zero attached hydrogens (tertiary/aromatic N) is 4. The van der Waals surface area contributed by atoms with Crippen molar-refractivity contribution in [2.45, 2.75) is 31.5 Å². The second-order valence-corrected chi connectivity index (χ2v) is 6.44. The number of hydrogen-bond donors (Lipinski definition) is 0. The Morgan fingerprint density at radius 1 is 1.21 bits per heavy atom. The van der Waals surface area contributed by atoms with Crippen molar-refractivity contribution >= 4 is 11.8 Å². The van der Waals surface area contributed by atoms with Gasteiger partial charge in [0.2, 0.25) is 0 Å². The van der Waals surface area contributed by atoms with Crippen LogP contribution in [0.2, 0.25) is 0 Å². The molecular formula is C18H18N4OS. The highest BCUT2D eigenvalue weighted by Gasteiger charge is 2.17. The summed E-state index contributed by atoms with van der Waals surface area (Å²) < 4.78 is 7.54. The summed E-state index contributed by atoms with van der Waals surface area (Å²) in [5.74, 6) is 2.50. The molecule has 0 spiro atoms. The van der Waals surface area contributed by atoms with E-state index >= 15 is 0 Å². The van der Waals surface area contributed by atoms with Crippen LogP contribution in [0, 0.1) is 18.3 Å². The standard InChI is InChI=1S/C18H18N4OS/c1-14-16(9-11-23-14)17-20-21-18(24-12-6-5-10-19)22(17)13-15-7-3-2-4-8-15/h2-4,7-9,11H,5-6,12-13H2,1H3. The topological polar surface area (TPSA) is 67.6 Å². The number of unbranched alkanes of at least 4 members (excludes halogenated alkanes) is 1. The molecule has 24 heavy (non-hydrogen) atoms. The summed E-state index contributed by atoms with van der Waals surface area (Å²) in [6.45, 7) is 2.63. The van der Waals surface area contributed by atoms with Crippen LogP contribution in [-0.4, -0.2) is 20.5 Å². The van der Waals surface area contributed by atoms with Crippen molar-refractivity contribution in [3.63, 3.8) is 0 Å². The van der Waals surface area contributed by atoms with Crippen LogP contribution in [0.25, 0.3) is 11.4 Å². The zero-order valence-corrected chi connectivity index (χ0v) is 14.3. The Hall–Kier alpha value is -2.52. The van der Waals surface area contributed by atoms with Gasteiger partial charge in [0.05, 0.1) is 24.4 Å². The average molecular weight is 338 g/mol. The number of rotatable bonds is 7. The molecule has 0 N–H and O–H groups in total. The molecule has 3 rings (SSSR count). The Morgan fingerprint density at radius 2 is 2.04 bits per heavy atom. The number of benzene rings is 1. The van der Waals surface area contributed by atoms with Gasteiger partial charge in [-0.1, -0.05) is 42.1 Å². The lowest BCUT2D eigenvalue weighted by molar-refractivity contribution is 0.534. The first-order valence-electron chi connectivity index (χ1n) is 7.81. The Balaban J connectivity index is 1.90. The first kappa shape index (κ1) is 16.3. The summed E-state index contributed by atoms with van der Waals surface area (Å²) in [5, 5.41) is 18.3. The third kappa shape index (κ3) is 3.69. The molecule has 0 aliphatic carbocycles. The highest BCUT2D eigenvalue weighted by Crippen LogP contribution is 2.28. The van der Waals surface area contributed by atoms with Crippen molar-refractivity contribution in [2.24, 2.45) is 0 Å². The quantitative estimate of drug-likeness (QED) is 0.475. The van der Waals surface area contributed by atoms with Gasteiger partial charge in [-0.15, -0.1) is 10.2 Å². The van der Waals surface area contributed by atoms with Crippen molar-refractivity contribution < 1.29 is 4.42 Å². The maximum Gasteiger partial charge on any atom is 0.191 e. The summed E-state index contributed by atoms with van der Waals surface area (Å²) in [6, 6.07) is 14.4. The van der Waals surface area contributed by atoms with Crippen LogP contribution in [0.1, 0.15) is 24.2 Å². The van der Waals surface area contributed by atoms with Gasteiger partial charge < -0.3 is 4.42 Å². The minimum Gasteiger partial charge on any atom is -0.469 e. The molecule has 0 saturated carbocycles. The second kappa shape index (κ2) is 7.84. The smallest absolute Gasteiger partial charge is 0.191 e. The number of aromatic nitrogens is 3. The molecule has 5 nitrogen and oxygen atoms in total. The SMILES string of the molecule is Cc1occc1-c1nnc(SCCCC#N)n1Cc1ccccc1. The largest absolute Gasteiger partial charge is 0.469 e. The molecule has 0 saturated heterocycles. The molecule has 6 heteroatoms. The van der Waals surface area contributed by atoms with E-state index in [2.05, 4.69) is 33.0 Å². The van der Waals surface area contributed by atoms with Crippen molar-refractivity contribution in [1.29, 1.82) is 5.26 Å². The van der Waals surface area contributed by atoms with Crippen molar-refractivity contribution in [2.75, 3.05) is 5.75 Å². The van der Waals surface area contributed by atoms with Gasteiger partial charge in [0.15, 0.2) is 11.0 Å². The van der Waals surface area contributed by atoms with Crippen molar-refractivity contribution in [3.05, 3.63) is 54.0 Å². The number of hydrogen-bond acceptors (Lipinski definition) is 5. The summed E-state index contributed by atoms with van der Waals surface area (Å²) in [6.07, 6.45) is 3.08. The first-order chi connectivity index (χ1) is 11.8. The van der Waals surface area contributed by atoms with Gasteiger partial charge in [-0.25, -0.2) is 0 Å². The molecule has 0 bridgehead atoms. The minimum atomic E-state index is 0.563. The molecule has 0 unspecified atom stereocenters. The average Bonchev–Trinajstić information content (AvgIpc) is 3.19. The Labute approximate surface area is 145 Å². The lowest BCUT2D eigenvalue weighted by Crippen LogP contribution is -2.04. The van der Waals surface area contributed by atoms with Crippen LogP contribution in [0.5, 0.6) is 0 Å². The van der Waals surface area contributed by atoms with Gasteiger partial charge in [-0.2, -0.15) is 5.26 Å². The Kier molecular flexibility index (Phi) is 5.34. The lowest BCUT2D eigenvalue weighted by atomic mass is 10.2. The van der Waals surface area contributed by atoms with Crippen molar-refractivity contribution in [1.82, 2.24) is 14.8 Å². The zero-order chi connectivity index (χ0) is 16.8. The fourth-order valence-corrected chi connectivity index (χ4v) is 3.31. The van der Waals surface area contributed by atoms with E-state index in [9.17, 15) is 0 Å². The highest BCUT2D eigenvalue weighted by molar-refractivity contribution is 7.99. The molecule has 0 radical (unpaired) electrons. The van der Waals surface area contributed by atoms with E-state index in [0.717, 1.165) is 34.5 Å². The number of thioether (sulfide) groups is 1. The fourth-order valence-electron chi connectivity index (χ4n) is 2.43. The van der Waals surface area contributed by atoms with E-state index in [-0.39, 0.29) is 0 Å². The van der Waals surface area contributed by atoms with E-state index in [1.165, 1.54) is 5.56 Å². The van der Waals surface area contributed by atoms with Gasteiger partial charge in [0.25, 0.3) is 0 Å². The third-order valence-electron chi connectivity index (χ3n) is 3.66. The summed E-state index contributed by atoms with van der Waals surface area (Å²) in [4.78, 5) is 0. The van der Waals surface area contributed by atoms with E-state index in [0.29, 0.717) is 13.0 Å². The van der Waals surface area contributed by atoms with Crippen LogP contribution in [0.15, 0.2) is 52.2 Å². The van der Waals surface area contributed by atoms with Crippen LogP contribution in [0.4, 0.5) is 0 Å². The fraction of sp³-hybridized carbons (Fsp3) is 0.278. The van der Waals surface area contributed by atoms with E-state index in [1.807, 2.05) is 31.2 Å². The summed E-state index contributed by atoms with van der Waals surface area (Å²) in [7, 11) is 0. The lowest BCUT2D eigenvalue weighted by Gasteiger charge is -2.10. The predicted octanol–water partition coefficient (Wildman–Crippen LogP) is 4.29. The maximum absolute atomic E-state index is 8.67. The van der Waals surface area contributed by atoms with E-state index in [4.69, 9.17) is 9.68 Å². The Bertz CT molecular complexity index is 832. The number of nitriles is 1. The minimum absolute atomic E-state index is 0.563. The molecule has 1 aromatic carbocycles. The number of aryl methyl sites for hydroxylation is 1. The molecule has 2 aromatic heterocycles. The normalized spacial score (nSPS) is 10.7. The van der Waals surface area contributed by atoms with Gasteiger partial charge >= 0.3 is 0 Å². The van der Waals surface area contributed by atoms with Crippen LogP contribution < -0.4 is 0 Å². The monoisotopic (exact) mass is 338 g/mol.